The number of aliphatic hydroxyl groups is 1. The van der Waals surface area contributed by atoms with Crippen molar-refractivity contribution >= 4 is 34.2 Å². The molecule has 2 aromatic rings. The van der Waals surface area contributed by atoms with Crippen molar-refractivity contribution in [2.45, 2.75) is 40.7 Å². The molecule has 3 N–H and O–H groups in total. The Morgan fingerprint density at radius 2 is 1.79 bits per heavy atom. The molecule has 2 heterocycles. The van der Waals surface area contributed by atoms with Crippen molar-refractivity contribution in [3.05, 3.63) is 38.5 Å². The molecule has 0 aromatic carbocycles. The number of hydrogen-bond donors (Lipinski definition) is 3. The summed E-state index contributed by atoms with van der Waals surface area (Å²) in [6.07, 6.45) is -0.733. The molecular formula is C19H24N2O6S. The molecule has 0 bridgehead atoms. The number of hydrogen-bond acceptors (Lipinski definition) is 7. The summed E-state index contributed by atoms with van der Waals surface area (Å²) in [5.41, 5.74) is 3.09. The van der Waals surface area contributed by atoms with Gasteiger partial charge in [0.1, 0.15) is 10.7 Å². The first kappa shape index (κ1) is 21.6. The number of carbonyl (C=O) groups excluding carboxylic acids is 3. The van der Waals surface area contributed by atoms with Crippen LogP contribution in [0.3, 0.4) is 0 Å². The van der Waals surface area contributed by atoms with Crippen molar-refractivity contribution in [3.63, 3.8) is 0 Å². The van der Waals surface area contributed by atoms with Crippen LogP contribution in [-0.2, 0) is 14.3 Å². The van der Waals surface area contributed by atoms with E-state index in [1.807, 2.05) is 6.92 Å². The highest BCUT2D eigenvalue weighted by Gasteiger charge is 2.24. The summed E-state index contributed by atoms with van der Waals surface area (Å²) >= 11 is 1.25. The van der Waals surface area contributed by atoms with Gasteiger partial charge in [0.05, 0.1) is 18.8 Å². The van der Waals surface area contributed by atoms with E-state index in [1.165, 1.54) is 18.4 Å². The average molecular weight is 408 g/mol. The van der Waals surface area contributed by atoms with E-state index in [0.29, 0.717) is 27.4 Å². The first-order valence-electron chi connectivity index (χ1n) is 8.60. The van der Waals surface area contributed by atoms with Gasteiger partial charge in [-0.25, -0.2) is 9.59 Å². The van der Waals surface area contributed by atoms with Crippen LogP contribution in [0.25, 0.3) is 0 Å². The van der Waals surface area contributed by atoms with Crippen LogP contribution >= 0.6 is 11.3 Å². The smallest absolute Gasteiger partial charge is 0.355 e. The maximum Gasteiger partial charge on any atom is 0.355 e. The fraction of sp³-hybridized carbons (Fsp3) is 0.421. The topological polar surface area (TPSA) is 118 Å². The van der Waals surface area contributed by atoms with Crippen LogP contribution in [0.15, 0.2) is 0 Å². The lowest BCUT2D eigenvalue weighted by Crippen LogP contribution is -2.22. The van der Waals surface area contributed by atoms with Crippen LogP contribution in [0.1, 0.15) is 61.1 Å². The zero-order valence-corrected chi connectivity index (χ0v) is 17.5. The standard InChI is InChI=1S/C19H24N2O6S/c1-8-12(5)28-17(15(8)18(24)26-6)21-13(23)7-27-19(25)16-9(2)14(11(4)22)10(3)20-16/h11,20,22H,7H2,1-6H3,(H,21,23)/t11-/m1/s1. The van der Waals surface area contributed by atoms with Gasteiger partial charge in [-0.3, -0.25) is 4.79 Å². The van der Waals surface area contributed by atoms with Crippen molar-refractivity contribution < 1.29 is 29.0 Å². The molecular weight excluding hydrogens is 384 g/mol. The lowest BCUT2D eigenvalue weighted by atomic mass is 10.1. The highest BCUT2D eigenvalue weighted by Crippen LogP contribution is 2.33. The van der Waals surface area contributed by atoms with E-state index in [9.17, 15) is 19.5 Å². The van der Waals surface area contributed by atoms with Crippen LogP contribution in [0.5, 0.6) is 0 Å². The van der Waals surface area contributed by atoms with Gasteiger partial charge in [0.25, 0.3) is 5.91 Å². The van der Waals surface area contributed by atoms with E-state index in [4.69, 9.17) is 9.47 Å². The van der Waals surface area contributed by atoms with Crippen molar-refractivity contribution in [1.82, 2.24) is 4.98 Å². The van der Waals surface area contributed by atoms with E-state index in [0.717, 1.165) is 10.4 Å². The van der Waals surface area contributed by atoms with E-state index in [-0.39, 0.29) is 5.69 Å². The number of rotatable bonds is 6. The summed E-state index contributed by atoms with van der Waals surface area (Å²) in [6.45, 7) is 8.13. The van der Waals surface area contributed by atoms with Crippen LogP contribution in [0, 0.1) is 27.7 Å². The van der Waals surface area contributed by atoms with Crippen LogP contribution in [-0.4, -0.2) is 41.7 Å². The number of amides is 1. The number of ether oxygens (including phenoxy) is 2. The molecule has 8 nitrogen and oxygen atoms in total. The van der Waals surface area contributed by atoms with Crippen molar-refractivity contribution in [1.29, 1.82) is 0 Å². The number of esters is 2. The molecule has 0 saturated carbocycles. The summed E-state index contributed by atoms with van der Waals surface area (Å²) in [7, 11) is 1.27. The number of aromatic nitrogens is 1. The zero-order valence-electron chi connectivity index (χ0n) is 16.7. The van der Waals surface area contributed by atoms with Crippen molar-refractivity contribution in [3.8, 4) is 0 Å². The Morgan fingerprint density at radius 3 is 2.32 bits per heavy atom. The molecule has 0 saturated heterocycles. The number of aryl methyl sites for hydroxylation is 2. The molecule has 0 aliphatic heterocycles. The fourth-order valence-electron chi connectivity index (χ4n) is 3.02. The second-order valence-corrected chi connectivity index (χ2v) is 7.67. The normalized spacial score (nSPS) is 11.8. The molecule has 0 fully saturated rings. The molecule has 0 aliphatic rings. The lowest BCUT2D eigenvalue weighted by molar-refractivity contribution is -0.119. The molecule has 1 amide bonds. The molecule has 1 atom stereocenters. The van der Waals surface area contributed by atoms with Gasteiger partial charge in [0.15, 0.2) is 6.61 Å². The fourth-order valence-corrected chi connectivity index (χ4v) is 4.09. The van der Waals surface area contributed by atoms with Gasteiger partial charge in [-0.05, 0) is 45.7 Å². The Hall–Kier alpha value is -2.65. The van der Waals surface area contributed by atoms with Gasteiger partial charge in [-0.1, -0.05) is 0 Å². The summed E-state index contributed by atoms with van der Waals surface area (Å²) in [5, 5.41) is 12.8. The molecule has 2 rings (SSSR count). The maximum atomic E-state index is 12.3. The maximum absolute atomic E-state index is 12.3. The predicted octanol–water partition coefficient (Wildman–Crippen LogP) is 2.95. The third-order valence-electron chi connectivity index (χ3n) is 4.48. The molecule has 9 heteroatoms. The zero-order chi connectivity index (χ0) is 21.2. The monoisotopic (exact) mass is 408 g/mol. The molecule has 0 aliphatic carbocycles. The van der Waals surface area contributed by atoms with Gasteiger partial charge in [-0.2, -0.15) is 0 Å². The minimum absolute atomic E-state index is 0.194. The number of aromatic amines is 1. The third-order valence-corrected chi connectivity index (χ3v) is 5.60. The Morgan fingerprint density at radius 1 is 1.14 bits per heavy atom. The lowest BCUT2D eigenvalue weighted by Gasteiger charge is -2.08. The van der Waals surface area contributed by atoms with Gasteiger partial charge >= 0.3 is 11.9 Å². The van der Waals surface area contributed by atoms with Crippen molar-refractivity contribution in [2.75, 3.05) is 19.0 Å². The summed E-state index contributed by atoms with van der Waals surface area (Å²) in [4.78, 5) is 40.2. The van der Waals surface area contributed by atoms with E-state index < -0.39 is 30.6 Å². The summed E-state index contributed by atoms with van der Waals surface area (Å²) in [6, 6.07) is 0. The van der Waals surface area contributed by atoms with E-state index >= 15 is 0 Å². The SMILES string of the molecule is COC(=O)c1c(NC(=O)COC(=O)c2[nH]c(C)c([C@@H](C)O)c2C)sc(C)c1C. The Labute approximate surface area is 166 Å². The molecule has 0 spiro atoms. The Balaban J connectivity index is 2.08. The van der Waals surface area contributed by atoms with Gasteiger partial charge in [-0.15, -0.1) is 11.3 Å². The molecule has 0 radical (unpaired) electrons. The number of carbonyl (C=O) groups is 3. The Bertz CT molecular complexity index is 925. The number of H-pyrrole nitrogens is 1. The highest BCUT2D eigenvalue weighted by atomic mass is 32.1. The summed E-state index contributed by atoms with van der Waals surface area (Å²) < 4.78 is 9.84. The minimum Gasteiger partial charge on any atom is -0.465 e. The molecule has 0 unspecified atom stereocenters. The second kappa shape index (κ2) is 8.57. The Kier molecular flexibility index (Phi) is 6.63. The highest BCUT2D eigenvalue weighted by molar-refractivity contribution is 7.16. The van der Waals surface area contributed by atoms with E-state index in [2.05, 4.69) is 10.3 Å². The third kappa shape index (κ3) is 4.26. The largest absolute Gasteiger partial charge is 0.465 e. The van der Waals surface area contributed by atoms with Gasteiger partial charge < -0.3 is 24.9 Å². The number of nitrogens with one attached hydrogen (secondary N) is 2. The van der Waals surface area contributed by atoms with Crippen molar-refractivity contribution in [2.24, 2.45) is 0 Å². The summed E-state index contributed by atoms with van der Waals surface area (Å²) in [5.74, 6) is -1.82. The quantitative estimate of drug-likeness (QED) is 0.633. The number of anilines is 1. The minimum atomic E-state index is -0.733. The molecule has 28 heavy (non-hydrogen) atoms. The number of methoxy groups -OCH3 is 1. The van der Waals surface area contributed by atoms with Gasteiger partial charge in [0.2, 0.25) is 0 Å². The van der Waals surface area contributed by atoms with Crippen LogP contribution < -0.4 is 5.32 Å². The second-order valence-electron chi connectivity index (χ2n) is 6.44. The van der Waals surface area contributed by atoms with E-state index in [1.54, 1.807) is 27.7 Å². The molecule has 152 valence electrons. The number of aliphatic hydroxyl groups excluding tert-OH is 1. The van der Waals surface area contributed by atoms with Gasteiger partial charge in [0, 0.05) is 16.1 Å². The number of thiophene rings is 1. The first-order valence-corrected chi connectivity index (χ1v) is 9.42. The predicted molar refractivity (Wildman–Crippen MR) is 105 cm³/mol. The molecule has 2 aromatic heterocycles. The first-order chi connectivity index (χ1) is 13.1. The van der Waals surface area contributed by atoms with Crippen LogP contribution in [0.4, 0.5) is 5.00 Å². The van der Waals surface area contributed by atoms with Crippen LogP contribution in [0.2, 0.25) is 0 Å². The average Bonchev–Trinajstić information content (AvgIpc) is 3.07.